The lowest BCUT2D eigenvalue weighted by molar-refractivity contribution is 0.152. The summed E-state index contributed by atoms with van der Waals surface area (Å²) in [5.41, 5.74) is 6.04. The fourth-order valence-corrected chi connectivity index (χ4v) is 1.63. The van der Waals surface area contributed by atoms with E-state index in [9.17, 15) is 5.11 Å². The second-order valence-corrected chi connectivity index (χ2v) is 3.48. The highest BCUT2D eigenvalue weighted by Crippen LogP contribution is 2.50. The van der Waals surface area contributed by atoms with Crippen LogP contribution in [0.3, 0.4) is 0 Å². The summed E-state index contributed by atoms with van der Waals surface area (Å²) < 4.78 is 0. The maximum atomic E-state index is 9.73. The molecule has 0 radical (unpaired) electrons. The quantitative estimate of drug-likeness (QED) is 0.679. The van der Waals surface area contributed by atoms with Crippen molar-refractivity contribution in [1.82, 2.24) is 0 Å². The molecule has 0 spiro atoms. The molecule has 64 valence electrons. The van der Waals surface area contributed by atoms with E-state index in [0.717, 1.165) is 6.42 Å². The van der Waals surface area contributed by atoms with Gasteiger partial charge in [-0.3, -0.25) is 0 Å². The van der Waals surface area contributed by atoms with Gasteiger partial charge in [-0.2, -0.15) is 0 Å². The molecule has 3 N–H and O–H groups in total. The molecule has 12 heavy (non-hydrogen) atoms. The lowest BCUT2D eigenvalue weighted by Gasteiger charge is -2.05. The SMILES string of the molecule is NCC1(O)CC1c1ccccc1. The minimum atomic E-state index is -0.610. The number of rotatable bonds is 2. The van der Waals surface area contributed by atoms with Gasteiger partial charge in [0.05, 0.1) is 5.60 Å². The van der Waals surface area contributed by atoms with Crippen LogP contribution in [0.15, 0.2) is 30.3 Å². The summed E-state index contributed by atoms with van der Waals surface area (Å²) in [7, 11) is 0. The molecule has 0 aromatic heterocycles. The zero-order valence-electron chi connectivity index (χ0n) is 6.90. The Morgan fingerprint density at radius 2 is 2.08 bits per heavy atom. The Balaban J connectivity index is 2.16. The molecule has 2 rings (SSSR count). The molecule has 2 heteroatoms. The number of benzene rings is 1. The van der Waals surface area contributed by atoms with Crippen molar-refractivity contribution in [3.63, 3.8) is 0 Å². The van der Waals surface area contributed by atoms with E-state index >= 15 is 0 Å². The van der Waals surface area contributed by atoms with Crippen molar-refractivity contribution in [1.29, 1.82) is 0 Å². The molecule has 0 bridgehead atoms. The van der Waals surface area contributed by atoms with Gasteiger partial charge < -0.3 is 10.8 Å². The van der Waals surface area contributed by atoms with Crippen LogP contribution in [0.1, 0.15) is 17.9 Å². The second kappa shape index (κ2) is 2.57. The number of hydrogen-bond acceptors (Lipinski definition) is 2. The summed E-state index contributed by atoms with van der Waals surface area (Å²) in [6.07, 6.45) is 0.813. The monoisotopic (exact) mass is 163 g/mol. The van der Waals surface area contributed by atoms with Crippen molar-refractivity contribution in [2.45, 2.75) is 17.9 Å². The summed E-state index contributed by atoms with van der Waals surface area (Å²) in [6, 6.07) is 10.0. The summed E-state index contributed by atoms with van der Waals surface area (Å²) in [5.74, 6) is 0.267. The Hall–Kier alpha value is -0.860. The fraction of sp³-hybridized carbons (Fsp3) is 0.400. The Kier molecular flexibility index (Phi) is 1.67. The van der Waals surface area contributed by atoms with Crippen LogP contribution in [0.25, 0.3) is 0 Å². The molecule has 2 unspecified atom stereocenters. The zero-order chi connectivity index (χ0) is 8.60. The van der Waals surface area contributed by atoms with Gasteiger partial charge in [-0.25, -0.2) is 0 Å². The van der Waals surface area contributed by atoms with Gasteiger partial charge in [0.2, 0.25) is 0 Å². The van der Waals surface area contributed by atoms with Gasteiger partial charge in [0, 0.05) is 12.5 Å². The molecule has 2 atom stereocenters. The molecule has 1 aromatic rings. The van der Waals surface area contributed by atoms with Crippen molar-refractivity contribution in [3.05, 3.63) is 35.9 Å². The van der Waals surface area contributed by atoms with Crippen LogP contribution < -0.4 is 5.73 Å². The van der Waals surface area contributed by atoms with E-state index in [0.29, 0.717) is 6.54 Å². The molecule has 1 fully saturated rings. The third kappa shape index (κ3) is 1.13. The zero-order valence-corrected chi connectivity index (χ0v) is 6.90. The van der Waals surface area contributed by atoms with Crippen molar-refractivity contribution in [3.8, 4) is 0 Å². The van der Waals surface area contributed by atoms with E-state index in [2.05, 4.69) is 0 Å². The Labute approximate surface area is 72.0 Å². The summed E-state index contributed by atoms with van der Waals surface area (Å²) in [5, 5.41) is 9.73. The summed E-state index contributed by atoms with van der Waals surface area (Å²) in [6.45, 7) is 0.368. The van der Waals surface area contributed by atoms with E-state index in [-0.39, 0.29) is 5.92 Å². The van der Waals surface area contributed by atoms with E-state index in [1.807, 2.05) is 30.3 Å². The first kappa shape index (κ1) is 7.77. The smallest absolute Gasteiger partial charge is 0.0845 e. The molecule has 2 nitrogen and oxygen atoms in total. The standard InChI is InChI=1S/C10H13NO/c11-7-10(12)6-9(10)8-4-2-1-3-5-8/h1-5,9,12H,6-7,11H2. The highest BCUT2D eigenvalue weighted by atomic mass is 16.3. The Bertz CT molecular complexity index is 272. The van der Waals surface area contributed by atoms with Gasteiger partial charge in [0.15, 0.2) is 0 Å². The second-order valence-electron chi connectivity index (χ2n) is 3.48. The average molecular weight is 163 g/mol. The van der Waals surface area contributed by atoms with Gasteiger partial charge in [-0.05, 0) is 12.0 Å². The topological polar surface area (TPSA) is 46.2 Å². The predicted molar refractivity (Wildman–Crippen MR) is 47.8 cm³/mol. The van der Waals surface area contributed by atoms with Crippen LogP contribution in [0, 0.1) is 0 Å². The summed E-state index contributed by atoms with van der Waals surface area (Å²) in [4.78, 5) is 0. The van der Waals surface area contributed by atoms with E-state index in [1.54, 1.807) is 0 Å². The van der Waals surface area contributed by atoms with Crippen LogP contribution >= 0.6 is 0 Å². The van der Waals surface area contributed by atoms with Crippen LogP contribution in [-0.4, -0.2) is 17.3 Å². The van der Waals surface area contributed by atoms with Crippen molar-refractivity contribution >= 4 is 0 Å². The molecule has 0 amide bonds. The van der Waals surface area contributed by atoms with Gasteiger partial charge in [-0.1, -0.05) is 30.3 Å². The van der Waals surface area contributed by atoms with E-state index in [1.165, 1.54) is 5.56 Å². The highest BCUT2D eigenvalue weighted by Gasteiger charge is 2.52. The minimum absolute atomic E-state index is 0.267. The fourth-order valence-electron chi connectivity index (χ4n) is 1.63. The highest BCUT2D eigenvalue weighted by molar-refractivity contribution is 5.31. The summed E-state index contributed by atoms with van der Waals surface area (Å²) >= 11 is 0. The first-order valence-electron chi connectivity index (χ1n) is 4.24. The normalized spacial score (nSPS) is 33.3. The first-order valence-corrected chi connectivity index (χ1v) is 4.24. The third-order valence-electron chi connectivity index (χ3n) is 2.60. The lowest BCUT2D eigenvalue weighted by Crippen LogP contribution is -2.23. The number of nitrogens with two attached hydrogens (primary N) is 1. The Morgan fingerprint density at radius 1 is 1.42 bits per heavy atom. The van der Waals surface area contributed by atoms with E-state index in [4.69, 9.17) is 5.73 Å². The predicted octanol–water partition coefficient (Wildman–Crippen LogP) is 0.864. The van der Waals surface area contributed by atoms with Crippen molar-refractivity contribution < 1.29 is 5.11 Å². The van der Waals surface area contributed by atoms with Crippen molar-refractivity contribution in [2.75, 3.05) is 6.54 Å². The van der Waals surface area contributed by atoms with Gasteiger partial charge in [0.25, 0.3) is 0 Å². The maximum absolute atomic E-state index is 9.73. The van der Waals surface area contributed by atoms with Crippen LogP contribution in [-0.2, 0) is 0 Å². The first-order chi connectivity index (χ1) is 5.76. The van der Waals surface area contributed by atoms with Crippen LogP contribution in [0.2, 0.25) is 0 Å². The van der Waals surface area contributed by atoms with E-state index < -0.39 is 5.60 Å². The molecule has 0 aliphatic heterocycles. The molecule has 1 saturated carbocycles. The maximum Gasteiger partial charge on any atom is 0.0845 e. The molecule has 1 aliphatic rings. The number of hydrogen-bond donors (Lipinski definition) is 2. The molecule has 1 aromatic carbocycles. The van der Waals surface area contributed by atoms with Crippen LogP contribution in [0.4, 0.5) is 0 Å². The minimum Gasteiger partial charge on any atom is -0.388 e. The molecule has 0 saturated heterocycles. The third-order valence-corrected chi connectivity index (χ3v) is 2.60. The van der Waals surface area contributed by atoms with Gasteiger partial charge in [-0.15, -0.1) is 0 Å². The molecular formula is C10H13NO. The lowest BCUT2D eigenvalue weighted by atomic mass is 10.1. The van der Waals surface area contributed by atoms with Crippen molar-refractivity contribution in [2.24, 2.45) is 5.73 Å². The molecular weight excluding hydrogens is 150 g/mol. The van der Waals surface area contributed by atoms with Gasteiger partial charge in [0.1, 0.15) is 0 Å². The molecule has 1 aliphatic carbocycles. The largest absolute Gasteiger partial charge is 0.388 e. The van der Waals surface area contributed by atoms with Crippen LogP contribution in [0.5, 0.6) is 0 Å². The average Bonchev–Trinajstić information content (AvgIpc) is 2.81. The Morgan fingerprint density at radius 3 is 2.58 bits per heavy atom. The van der Waals surface area contributed by atoms with Gasteiger partial charge >= 0.3 is 0 Å². The number of aliphatic hydroxyl groups is 1. The molecule has 0 heterocycles.